The highest BCUT2D eigenvalue weighted by molar-refractivity contribution is 7.88. The first kappa shape index (κ1) is 21.7. The minimum absolute atomic E-state index is 0.103. The number of nitrogens with zero attached hydrogens (tertiary/aromatic N) is 2. The third-order valence-corrected chi connectivity index (χ3v) is 6.71. The molecule has 160 valence electrons. The number of hydrogen-bond acceptors (Lipinski definition) is 5. The maximum Gasteiger partial charge on any atom is 0.259 e. The summed E-state index contributed by atoms with van der Waals surface area (Å²) in [7, 11) is -3.73. The van der Waals surface area contributed by atoms with E-state index >= 15 is 0 Å². The third-order valence-electron chi connectivity index (χ3n) is 5.48. The summed E-state index contributed by atoms with van der Waals surface area (Å²) in [6.07, 6.45) is 3.15. The van der Waals surface area contributed by atoms with Crippen LogP contribution in [0.25, 0.3) is 0 Å². The number of nitrogens with two attached hydrogens (primary N) is 1. The zero-order chi connectivity index (χ0) is 21.2. The van der Waals surface area contributed by atoms with Gasteiger partial charge < -0.3 is 16.0 Å². The highest BCUT2D eigenvalue weighted by atomic mass is 32.2. The first-order valence-electron chi connectivity index (χ1n) is 9.76. The smallest absolute Gasteiger partial charge is 0.259 e. The monoisotopic (exact) mass is 426 g/mol. The lowest BCUT2D eigenvalue weighted by molar-refractivity contribution is -0.131. The van der Waals surface area contributed by atoms with Crippen LogP contribution >= 0.6 is 0 Å². The molecule has 2 amide bonds. The number of rotatable bonds is 4. The molecule has 0 aromatic heterocycles. The summed E-state index contributed by atoms with van der Waals surface area (Å²) in [5, 5.41) is 2.90. The van der Waals surface area contributed by atoms with Gasteiger partial charge in [-0.3, -0.25) is 9.59 Å². The number of sulfonamides is 1. The van der Waals surface area contributed by atoms with Crippen molar-refractivity contribution in [1.82, 2.24) is 14.5 Å². The molecule has 3 N–H and O–H groups in total. The fourth-order valence-corrected chi connectivity index (χ4v) is 4.96. The van der Waals surface area contributed by atoms with Crippen LogP contribution in [-0.2, 0) is 14.8 Å². The van der Waals surface area contributed by atoms with Gasteiger partial charge in [0.2, 0.25) is 10.0 Å². The molecule has 0 spiro atoms. The summed E-state index contributed by atoms with van der Waals surface area (Å²) in [4.78, 5) is 27.4. The summed E-state index contributed by atoms with van der Waals surface area (Å²) in [6, 6.07) is 4.98. The van der Waals surface area contributed by atoms with Gasteiger partial charge in [-0.25, -0.2) is 12.8 Å². The second-order valence-electron chi connectivity index (χ2n) is 7.73. The Hall–Kier alpha value is -2.04. The largest absolute Gasteiger partial charge is 0.350 e. The molecule has 1 saturated heterocycles. The average Bonchev–Trinajstić information content (AvgIpc) is 2.68. The van der Waals surface area contributed by atoms with Gasteiger partial charge in [0, 0.05) is 30.7 Å². The minimum Gasteiger partial charge on any atom is -0.350 e. The van der Waals surface area contributed by atoms with E-state index in [-0.39, 0.29) is 30.7 Å². The average molecular weight is 427 g/mol. The molecular weight excluding hydrogens is 399 g/mol. The predicted molar refractivity (Wildman–Crippen MR) is 106 cm³/mol. The summed E-state index contributed by atoms with van der Waals surface area (Å²) in [5.74, 6) is -1.52. The van der Waals surface area contributed by atoms with E-state index in [1.54, 1.807) is 0 Å². The molecule has 0 radical (unpaired) electrons. The second-order valence-corrected chi connectivity index (χ2v) is 9.66. The van der Waals surface area contributed by atoms with Crippen molar-refractivity contribution in [3.63, 3.8) is 0 Å². The Bertz CT molecular complexity index is 853. The van der Waals surface area contributed by atoms with Crippen molar-refractivity contribution in [3.05, 3.63) is 35.6 Å². The van der Waals surface area contributed by atoms with Gasteiger partial charge in [0.05, 0.1) is 6.26 Å². The van der Waals surface area contributed by atoms with Gasteiger partial charge >= 0.3 is 0 Å². The normalized spacial score (nSPS) is 26.2. The van der Waals surface area contributed by atoms with Crippen molar-refractivity contribution < 1.29 is 22.4 Å². The van der Waals surface area contributed by atoms with Crippen LogP contribution in [0.1, 0.15) is 42.5 Å². The van der Waals surface area contributed by atoms with E-state index in [9.17, 15) is 22.4 Å². The summed E-state index contributed by atoms with van der Waals surface area (Å²) in [5.41, 5.74) is 6.10. The van der Waals surface area contributed by atoms with E-state index in [2.05, 4.69) is 5.32 Å². The van der Waals surface area contributed by atoms with Crippen molar-refractivity contribution in [2.24, 2.45) is 5.73 Å². The predicted octanol–water partition coefficient (Wildman–Crippen LogP) is 0.645. The Morgan fingerprint density at radius 2 is 1.72 bits per heavy atom. The lowest BCUT2D eigenvalue weighted by Gasteiger charge is -2.42. The lowest BCUT2D eigenvalue weighted by atomic mass is 9.92. The third kappa shape index (κ3) is 5.12. The van der Waals surface area contributed by atoms with E-state index < -0.39 is 33.8 Å². The van der Waals surface area contributed by atoms with Crippen LogP contribution in [0.3, 0.4) is 0 Å². The minimum atomic E-state index is -3.73. The summed E-state index contributed by atoms with van der Waals surface area (Å²) >= 11 is 0. The quantitative estimate of drug-likeness (QED) is 0.734. The van der Waals surface area contributed by atoms with Crippen LogP contribution in [0.2, 0.25) is 0 Å². The van der Waals surface area contributed by atoms with E-state index in [0.29, 0.717) is 19.3 Å². The van der Waals surface area contributed by atoms with Crippen molar-refractivity contribution >= 4 is 21.8 Å². The molecule has 1 aromatic carbocycles. The number of carbonyl (C=O) groups excluding carboxylic acids is 2. The molecule has 3 rings (SSSR count). The highest BCUT2D eigenvalue weighted by Gasteiger charge is 2.42. The molecule has 1 heterocycles. The Balaban J connectivity index is 1.85. The van der Waals surface area contributed by atoms with Gasteiger partial charge in [0.25, 0.3) is 11.8 Å². The number of halogens is 1. The molecule has 1 aliphatic carbocycles. The summed E-state index contributed by atoms with van der Waals surface area (Å²) in [6.45, 7) is 0.384. The van der Waals surface area contributed by atoms with E-state index in [0.717, 1.165) is 35.5 Å². The first-order valence-corrected chi connectivity index (χ1v) is 11.6. The van der Waals surface area contributed by atoms with Crippen LogP contribution in [0, 0.1) is 5.82 Å². The van der Waals surface area contributed by atoms with E-state index in [1.807, 2.05) is 0 Å². The standard InChI is InChI=1S/C19H27FN4O4S/c1-29(27,28)24-12-2-11-23(19(26)13-3-5-14(20)6-4-13)18(24)17(25)22-16-9-7-15(21)8-10-16/h3-6,15-16,18H,2,7-12,21H2,1H3,(H,22,25). The molecule has 2 fully saturated rings. The molecule has 1 unspecified atom stereocenters. The van der Waals surface area contributed by atoms with Crippen LogP contribution < -0.4 is 11.1 Å². The molecule has 29 heavy (non-hydrogen) atoms. The van der Waals surface area contributed by atoms with Crippen molar-refractivity contribution in [1.29, 1.82) is 0 Å². The van der Waals surface area contributed by atoms with E-state index in [4.69, 9.17) is 5.73 Å². The number of hydrogen-bond donors (Lipinski definition) is 2. The van der Waals surface area contributed by atoms with Crippen LogP contribution in [0.4, 0.5) is 4.39 Å². The molecule has 1 saturated carbocycles. The Morgan fingerprint density at radius 3 is 2.31 bits per heavy atom. The van der Waals surface area contributed by atoms with Crippen LogP contribution in [0.15, 0.2) is 24.3 Å². The maximum atomic E-state index is 13.2. The zero-order valence-electron chi connectivity index (χ0n) is 16.4. The highest BCUT2D eigenvalue weighted by Crippen LogP contribution is 2.23. The Labute approximate surface area is 170 Å². The van der Waals surface area contributed by atoms with Gasteiger partial charge in [-0.05, 0) is 56.4 Å². The number of benzene rings is 1. The lowest BCUT2D eigenvalue weighted by Crippen LogP contribution is -2.64. The molecule has 2 aliphatic rings. The van der Waals surface area contributed by atoms with Crippen LogP contribution in [0.5, 0.6) is 0 Å². The fraction of sp³-hybridized carbons (Fsp3) is 0.579. The van der Waals surface area contributed by atoms with Crippen molar-refractivity contribution in [2.45, 2.75) is 50.4 Å². The van der Waals surface area contributed by atoms with Gasteiger partial charge in [0.15, 0.2) is 6.17 Å². The fourth-order valence-electron chi connectivity index (χ4n) is 3.93. The van der Waals surface area contributed by atoms with Gasteiger partial charge in [-0.2, -0.15) is 4.31 Å². The SMILES string of the molecule is CS(=O)(=O)N1CCCN(C(=O)c2ccc(F)cc2)C1C(=O)NC1CCC(N)CC1. The molecular formula is C19H27FN4O4S. The van der Waals surface area contributed by atoms with E-state index in [1.165, 1.54) is 17.0 Å². The molecule has 1 aromatic rings. The Kier molecular flexibility index (Phi) is 6.55. The van der Waals surface area contributed by atoms with Gasteiger partial charge in [-0.1, -0.05) is 0 Å². The van der Waals surface area contributed by atoms with Crippen molar-refractivity contribution in [2.75, 3.05) is 19.3 Å². The molecule has 10 heteroatoms. The van der Waals surface area contributed by atoms with Gasteiger partial charge in [-0.15, -0.1) is 0 Å². The Morgan fingerprint density at radius 1 is 1.10 bits per heavy atom. The van der Waals surface area contributed by atoms with Gasteiger partial charge in [0.1, 0.15) is 5.82 Å². The number of amides is 2. The molecule has 8 nitrogen and oxygen atoms in total. The topological polar surface area (TPSA) is 113 Å². The summed E-state index contributed by atoms with van der Waals surface area (Å²) < 4.78 is 38.9. The molecule has 0 bridgehead atoms. The van der Waals surface area contributed by atoms with Crippen LogP contribution in [-0.4, -0.2) is 67.0 Å². The van der Waals surface area contributed by atoms with Crippen molar-refractivity contribution in [3.8, 4) is 0 Å². The number of carbonyl (C=O) groups is 2. The first-order chi connectivity index (χ1) is 13.7. The maximum absolute atomic E-state index is 13.2. The number of nitrogens with one attached hydrogen (secondary N) is 1. The molecule has 1 aliphatic heterocycles. The molecule has 1 atom stereocenters. The zero-order valence-corrected chi connectivity index (χ0v) is 17.2. The second kappa shape index (κ2) is 8.76.